The topological polar surface area (TPSA) is 37.3 Å². The van der Waals surface area contributed by atoms with E-state index in [-0.39, 0.29) is 11.9 Å². The molecule has 2 fully saturated rings. The first kappa shape index (κ1) is 18.9. The van der Waals surface area contributed by atoms with E-state index < -0.39 is 0 Å². The van der Waals surface area contributed by atoms with Crippen molar-refractivity contribution in [3.8, 4) is 11.3 Å². The first-order chi connectivity index (χ1) is 14.0. The summed E-state index contributed by atoms with van der Waals surface area (Å²) in [5, 5.41) is 4.39. The summed E-state index contributed by atoms with van der Waals surface area (Å²) < 4.78 is 3.10. The monoisotopic (exact) mass is 451 g/mol. The molecule has 5 rings (SSSR count). The highest BCUT2D eigenvalue weighted by atomic mass is 79.9. The summed E-state index contributed by atoms with van der Waals surface area (Å²) in [5.74, 6) is 0.0373. The minimum atomic E-state index is 0.0373. The SMILES string of the molecule is CN1[C@@H]2CC[C@H]1CC(NC(=O)c1c(-c3ccccc3)n(C)c3cccc(Br)c13)C2. The Balaban J connectivity index is 1.58. The molecule has 3 heterocycles. The lowest BCUT2D eigenvalue weighted by atomic mass is 9.97. The summed E-state index contributed by atoms with van der Waals surface area (Å²) in [6.07, 6.45) is 4.60. The van der Waals surface area contributed by atoms with Gasteiger partial charge in [-0.05, 0) is 50.4 Å². The Morgan fingerprint density at radius 2 is 1.69 bits per heavy atom. The Kier molecular flexibility index (Phi) is 4.75. The second-order valence-corrected chi connectivity index (χ2v) is 9.33. The van der Waals surface area contributed by atoms with E-state index in [2.05, 4.69) is 56.0 Å². The van der Waals surface area contributed by atoms with Crippen molar-refractivity contribution in [2.24, 2.45) is 7.05 Å². The minimum Gasteiger partial charge on any atom is -0.349 e. The predicted octanol–water partition coefficient (Wildman–Crippen LogP) is 4.96. The lowest BCUT2D eigenvalue weighted by Crippen LogP contribution is -2.48. The second-order valence-electron chi connectivity index (χ2n) is 8.47. The summed E-state index contributed by atoms with van der Waals surface area (Å²) >= 11 is 3.70. The number of rotatable bonds is 3. The maximum absolute atomic E-state index is 13.6. The van der Waals surface area contributed by atoms with Crippen molar-refractivity contribution in [1.29, 1.82) is 0 Å². The van der Waals surface area contributed by atoms with Crippen LogP contribution in [0.2, 0.25) is 0 Å². The minimum absolute atomic E-state index is 0.0373. The molecule has 2 saturated heterocycles. The van der Waals surface area contributed by atoms with Crippen molar-refractivity contribution in [1.82, 2.24) is 14.8 Å². The number of hydrogen-bond donors (Lipinski definition) is 1. The zero-order valence-electron chi connectivity index (χ0n) is 16.9. The molecule has 5 heteroatoms. The molecular formula is C24H26BrN3O. The average molecular weight is 452 g/mol. The molecule has 2 aliphatic rings. The quantitative estimate of drug-likeness (QED) is 0.610. The number of nitrogens with zero attached hydrogens (tertiary/aromatic N) is 2. The van der Waals surface area contributed by atoms with E-state index in [4.69, 9.17) is 0 Å². The second kappa shape index (κ2) is 7.29. The third-order valence-corrected chi connectivity index (χ3v) is 7.54. The largest absolute Gasteiger partial charge is 0.349 e. The number of piperidine rings is 1. The highest BCUT2D eigenvalue weighted by Gasteiger charge is 2.39. The average Bonchev–Trinajstić information content (AvgIpc) is 3.11. The molecule has 0 saturated carbocycles. The van der Waals surface area contributed by atoms with Gasteiger partial charge in [0.25, 0.3) is 5.91 Å². The highest BCUT2D eigenvalue weighted by molar-refractivity contribution is 9.10. The zero-order chi connectivity index (χ0) is 20.1. The third-order valence-electron chi connectivity index (χ3n) is 6.88. The number of carbonyl (C=O) groups is 1. The van der Waals surface area contributed by atoms with Crippen LogP contribution < -0.4 is 5.32 Å². The number of aromatic nitrogens is 1. The Morgan fingerprint density at radius 1 is 1.00 bits per heavy atom. The number of carbonyl (C=O) groups excluding carboxylic acids is 1. The van der Waals surface area contributed by atoms with Gasteiger partial charge in [-0.2, -0.15) is 0 Å². The van der Waals surface area contributed by atoms with Crippen LogP contribution in [-0.2, 0) is 7.05 Å². The van der Waals surface area contributed by atoms with Crippen LogP contribution in [0.25, 0.3) is 22.2 Å². The van der Waals surface area contributed by atoms with Crippen LogP contribution in [0.15, 0.2) is 53.0 Å². The lowest BCUT2D eigenvalue weighted by molar-refractivity contribution is 0.0884. The number of halogens is 1. The maximum Gasteiger partial charge on any atom is 0.254 e. The van der Waals surface area contributed by atoms with Gasteiger partial charge in [0, 0.05) is 35.0 Å². The molecule has 2 bridgehead atoms. The number of fused-ring (bicyclic) bond motifs is 3. The number of hydrogen-bond acceptors (Lipinski definition) is 2. The van der Waals surface area contributed by atoms with E-state index in [1.165, 1.54) is 12.8 Å². The van der Waals surface area contributed by atoms with Gasteiger partial charge in [-0.1, -0.05) is 52.3 Å². The first-order valence-corrected chi connectivity index (χ1v) is 11.2. The smallest absolute Gasteiger partial charge is 0.254 e. The van der Waals surface area contributed by atoms with Crippen molar-refractivity contribution >= 4 is 32.7 Å². The molecular weight excluding hydrogens is 426 g/mol. The van der Waals surface area contributed by atoms with Crippen LogP contribution in [-0.4, -0.2) is 40.5 Å². The molecule has 2 aliphatic heterocycles. The Hall–Kier alpha value is -2.11. The van der Waals surface area contributed by atoms with Crippen LogP contribution in [0.1, 0.15) is 36.0 Å². The highest BCUT2D eigenvalue weighted by Crippen LogP contribution is 2.38. The summed E-state index contributed by atoms with van der Waals surface area (Å²) in [5.41, 5.74) is 3.87. The number of amides is 1. The summed E-state index contributed by atoms with van der Waals surface area (Å²) in [4.78, 5) is 16.1. The van der Waals surface area contributed by atoms with Gasteiger partial charge in [0.05, 0.1) is 16.8 Å². The standard InChI is InChI=1S/C24H26BrN3O/c1-27-17-11-12-18(27)14-16(13-17)26-24(29)22-21-19(25)9-6-10-20(21)28(2)23(22)15-7-4-3-5-8-15/h3-10,16-18H,11-14H2,1-2H3,(H,26,29)/t16?,17-,18+. The van der Waals surface area contributed by atoms with Gasteiger partial charge in [0.15, 0.2) is 0 Å². The fourth-order valence-corrected chi connectivity index (χ4v) is 5.94. The van der Waals surface area contributed by atoms with Crippen molar-refractivity contribution in [3.05, 3.63) is 58.6 Å². The van der Waals surface area contributed by atoms with E-state index in [0.717, 1.165) is 45.0 Å². The van der Waals surface area contributed by atoms with Crippen molar-refractivity contribution in [3.63, 3.8) is 0 Å². The number of benzene rings is 2. The Morgan fingerprint density at radius 3 is 2.38 bits per heavy atom. The van der Waals surface area contributed by atoms with Crippen LogP contribution in [0.3, 0.4) is 0 Å². The lowest BCUT2D eigenvalue weighted by Gasteiger charge is -2.36. The molecule has 3 atom stereocenters. The molecule has 3 aromatic rings. The predicted molar refractivity (Wildman–Crippen MR) is 121 cm³/mol. The first-order valence-electron chi connectivity index (χ1n) is 10.4. The summed E-state index contributed by atoms with van der Waals surface area (Å²) in [7, 11) is 4.28. The normalized spacial score (nSPS) is 24.2. The van der Waals surface area contributed by atoms with Crippen LogP contribution in [0, 0.1) is 0 Å². The fourth-order valence-electron chi connectivity index (χ4n) is 5.39. The van der Waals surface area contributed by atoms with Gasteiger partial charge in [-0.25, -0.2) is 0 Å². The van der Waals surface area contributed by atoms with Gasteiger partial charge in [0.2, 0.25) is 0 Å². The molecule has 1 amide bonds. The van der Waals surface area contributed by atoms with Crippen molar-refractivity contribution < 1.29 is 4.79 Å². The van der Waals surface area contributed by atoms with Crippen LogP contribution in [0.4, 0.5) is 0 Å². The van der Waals surface area contributed by atoms with E-state index in [1.54, 1.807) is 0 Å². The van der Waals surface area contributed by atoms with Crippen molar-refractivity contribution in [2.75, 3.05) is 7.05 Å². The molecule has 4 nitrogen and oxygen atoms in total. The molecule has 0 aliphatic carbocycles. The van der Waals surface area contributed by atoms with Crippen molar-refractivity contribution in [2.45, 2.75) is 43.8 Å². The molecule has 29 heavy (non-hydrogen) atoms. The van der Waals surface area contributed by atoms with Crippen LogP contribution in [0.5, 0.6) is 0 Å². The van der Waals surface area contributed by atoms with E-state index in [0.29, 0.717) is 12.1 Å². The van der Waals surface area contributed by atoms with E-state index >= 15 is 0 Å². The fraction of sp³-hybridized carbons (Fsp3) is 0.375. The summed E-state index contributed by atoms with van der Waals surface area (Å²) in [6.45, 7) is 0. The molecule has 1 N–H and O–H groups in total. The molecule has 150 valence electrons. The van der Waals surface area contributed by atoms with E-state index in [1.807, 2.05) is 37.4 Å². The molecule has 0 radical (unpaired) electrons. The molecule has 1 aromatic heterocycles. The Bertz CT molecular complexity index is 1060. The number of nitrogens with one attached hydrogen (secondary N) is 1. The van der Waals surface area contributed by atoms with Crippen LogP contribution >= 0.6 is 15.9 Å². The Labute approximate surface area is 180 Å². The van der Waals surface area contributed by atoms with Gasteiger partial charge in [-0.3, -0.25) is 4.79 Å². The molecule has 1 unspecified atom stereocenters. The number of aryl methyl sites for hydroxylation is 1. The molecule has 2 aromatic carbocycles. The maximum atomic E-state index is 13.6. The van der Waals surface area contributed by atoms with E-state index in [9.17, 15) is 4.79 Å². The van der Waals surface area contributed by atoms with Gasteiger partial charge >= 0.3 is 0 Å². The van der Waals surface area contributed by atoms with Gasteiger partial charge in [-0.15, -0.1) is 0 Å². The van der Waals surface area contributed by atoms with Gasteiger partial charge in [0.1, 0.15) is 0 Å². The third kappa shape index (κ3) is 3.11. The zero-order valence-corrected chi connectivity index (χ0v) is 18.4. The molecule has 0 spiro atoms. The van der Waals surface area contributed by atoms with Gasteiger partial charge < -0.3 is 14.8 Å². The summed E-state index contributed by atoms with van der Waals surface area (Å²) in [6, 6.07) is 17.8.